The van der Waals surface area contributed by atoms with Gasteiger partial charge in [-0.2, -0.15) is 0 Å². The molecule has 0 saturated heterocycles. The van der Waals surface area contributed by atoms with Crippen LogP contribution in [0.25, 0.3) is 0 Å². The molecule has 0 radical (unpaired) electrons. The Morgan fingerprint density at radius 2 is 2.21 bits per heavy atom. The van der Waals surface area contributed by atoms with E-state index >= 15 is 0 Å². The number of hydrogen-bond acceptors (Lipinski definition) is 4. The molecule has 0 atom stereocenters. The number of anilines is 2. The second-order valence-electron chi connectivity index (χ2n) is 6.29. The Labute approximate surface area is 141 Å². The monoisotopic (exact) mass is 323 g/mol. The number of amides is 1. The van der Waals surface area contributed by atoms with Crippen molar-refractivity contribution < 1.29 is 4.79 Å². The minimum Gasteiger partial charge on any atom is -0.347 e. The van der Waals surface area contributed by atoms with E-state index in [0.717, 1.165) is 16.8 Å². The Balaban J connectivity index is 1.71. The predicted molar refractivity (Wildman–Crippen MR) is 92.8 cm³/mol. The van der Waals surface area contributed by atoms with E-state index in [1.807, 2.05) is 25.1 Å². The van der Waals surface area contributed by atoms with E-state index in [2.05, 4.69) is 27.5 Å². The highest BCUT2D eigenvalue weighted by molar-refractivity contribution is 5.75. The van der Waals surface area contributed by atoms with E-state index in [0.29, 0.717) is 11.7 Å². The zero-order valence-corrected chi connectivity index (χ0v) is 14.2. The third-order valence-corrected chi connectivity index (χ3v) is 3.83. The summed E-state index contributed by atoms with van der Waals surface area (Å²) in [6.45, 7) is 2.20. The van der Waals surface area contributed by atoms with Gasteiger partial charge in [-0.15, -0.1) is 5.10 Å². The first-order chi connectivity index (χ1) is 11.5. The van der Waals surface area contributed by atoms with Crippen LogP contribution in [0.4, 0.5) is 11.5 Å². The van der Waals surface area contributed by atoms with Gasteiger partial charge >= 0.3 is 0 Å². The predicted octanol–water partition coefficient (Wildman–Crippen LogP) is 2.18. The minimum absolute atomic E-state index is 0.0278. The third kappa shape index (κ3) is 4.13. The van der Waals surface area contributed by atoms with E-state index in [-0.39, 0.29) is 12.5 Å². The molecule has 1 aliphatic rings. The van der Waals surface area contributed by atoms with Crippen molar-refractivity contribution in [1.82, 2.24) is 19.9 Å². The molecule has 0 unspecified atom stereocenters. The van der Waals surface area contributed by atoms with Crippen molar-refractivity contribution >= 4 is 17.4 Å². The molecule has 24 heavy (non-hydrogen) atoms. The molecule has 1 aliphatic carbocycles. The Bertz CT molecular complexity index is 808. The number of benzene rings is 1. The number of likely N-dealkylation sites (N-methyl/N-ethyl adjacent to an activating group) is 1. The van der Waals surface area contributed by atoms with Gasteiger partial charge in [-0.3, -0.25) is 4.79 Å². The maximum absolute atomic E-state index is 11.7. The number of aryl methyl sites for hydroxylation is 1. The summed E-state index contributed by atoms with van der Waals surface area (Å²) in [5, 5.41) is 11.3. The first kappa shape index (κ1) is 16.1. The smallest absolute Gasteiger partial charge is 0.243 e. The molecule has 1 aromatic carbocycles. The molecule has 6 nitrogen and oxygen atoms in total. The van der Waals surface area contributed by atoms with Crippen LogP contribution in [-0.2, 0) is 11.3 Å². The lowest BCUT2D eigenvalue weighted by Gasteiger charge is -2.09. The summed E-state index contributed by atoms with van der Waals surface area (Å²) in [5.74, 6) is 7.65. The van der Waals surface area contributed by atoms with Crippen molar-refractivity contribution in [2.75, 3.05) is 19.4 Å². The average Bonchev–Trinajstić information content (AvgIpc) is 3.28. The van der Waals surface area contributed by atoms with E-state index < -0.39 is 0 Å². The van der Waals surface area contributed by atoms with Crippen LogP contribution in [0.15, 0.2) is 24.4 Å². The van der Waals surface area contributed by atoms with Crippen molar-refractivity contribution in [3.05, 3.63) is 35.5 Å². The van der Waals surface area contributed by atoms with Crippen molar-refractivity contribution in [2.45, 2.75) is 26.3 Å². The molecule has 1 N–H and O–H groups in total. The molecule has 6 heteroatoms. The molecule has 124 valence electrons. The van der Waals surface area contributed by atoms with Gasteiger partial charge in [0.25, 0.3) is 0 Å². The summed E-state index contributed by atoms with van der Waals surface area (Å²) in [6, 6.07) is 6.09. The number of rotatable bonds is 4. The van der Waals surface area contributed by atoms with Gasteiger partial charge in [-0.1, -0.05) is 23.1 Å². The van der Waals surface area contributed by atoms with Crippen LogP contribution in [0.3, 0.4) is 0 Å². The van der Waals surface area contributed by atoms with Crippen molar-refractivity contribution in [1.29, 1.82) is 0 Å². The lowest BCUT2D eigenvalue weighted by Crippen LogP contribution is -2.26. The fraction of sp³-hybridized carbons (Fsp3) is 0.389. The molecule has 1 amide bonds. The molecule has 2 aromatic rings. The lowest BCUT2D eigenvalue weighted by atomic mass is 10.1. The highest BCUT2D eigenvalue weighted by Gasteiger charge is 2.17. The van der Waals surface area contributed by atoms with Gasteiger partial charge in [0.1, 0.15) is 6.54 Å². The summed E-state index contributed by atoms with van der Waals surface area (Å²) >= 11 is 0. The molecule has 0 aliphatic heterocycles. The van der Waals surface area contributed by atoms with Gasteiger partial charge in [0, 0.05) is 31.3 Å². The number of carbonyl (C=O) groups is 1. The number of nitrogens with zero attached hydrogens (tertiary/aromatic N) is 4. The summed E-state index contributed by atoms with van der Waals surface area (Å²) in [4.78, 5) is 13.2. The van der Waals surface area contributed by atoms with Gasteiger partial charge in [0.15, 0.2) is 5.82 Å². The normalized spacial score (nSPS) is 13.1. The Hall–Kier alpha value is -2.81. The van der Waals surface area contributed by atoms with Crippen molar-refractivity contribution in [3.8, 4) is 11.8 Å². The zero-order valence-electron chi connectivity index (χ0n) is 14.2. The van der Waals surface area contributed by atoms with Crippen LogP contribution < -0.4 is 5.32 Å². The minimum atomic E-state index is -0.0278. The third-order valence-electron chi connectivity index (χ3n) is 3.83. The molecule has 1 saturated carbocycles. The number of aromatic nitrogens is 3. The molecular formula is C18H21N5O. The van der Waals surface area contributed by atoms with Gasteiger partial charge < -0.3 is 10.2 Å². The van der Waals surface area contributed by atoms with E-state index in [4.69, 9.17) is 0 Å². The summed E-state index contributed by atoms with van der Waals surface area (Å²) in [6.07, 6.45) is 4.17. The highest BCUT2D eigenvalue weighted by Crippen LogP contribution is 2.28. The van der Waals surface area contributed by atoms with Crippen LogP contribution in [0.2, 0.25) is 0 Å². The SMILES string of the molecule is Cc1ccc(C#CC2CC2)cc1Nc1cn(CC(=O)N(C)C)nn1. The Kier molecular flexibility index (Phi) is 4.52. The standard InChI is InChI=1S/C18H21N5O/c1-13-4-5-15(9-8-14-6-7-14)10-16(13)19-17-11-23(21-20-17)12-18(24)22(2)3/h4-5,10-11,14,19H,6-7,12H2,1-3H3. The maximum atomic E-state index is 11.7. The van der Waals surface area contributed by atoms with Gasteiger partial charge in [0.2, 0.25) is 5.91 Å². The largest absolute Gasteiger partial charge is 0.347 e. The van der Waals surface area contributed by atoms with E-state index in [1.54, 1.807) is 20.3 Å². The molecule has 0 spiro atoms. The Morgan fingerprint density at radius 3 is 2.92 bits per heavy atom. The molecule has 1 fully saturated rings. The van der Waals surface area contributed by atoms with Crippen LogP contribution in [0, 0.1) is 24.7 Å². The van der Waals surface area contributed by atoms with E-state index in [1.165, 1.54) is 22.4 Å². The number of hydrogen-bond donors (Lipinski definition) is 1. The fourth-order valence-corrected chi connectivity index (χ4v) is 2.10. The van der Waals surface area contributed by atoms with Crippen molar-refractivity contribution in [2.24, 2.45) is 5.92 Å². The van der Waals surface area contributed by atoms with Crippen LogP contribution >= 0.6 is 0 Å². The molecular weight excluding hydrogens is 302 g/mol. The summed E-state index contributed by atoms with van der Waals surface area (Å²) in [7, 11) is 3.44. The molecule has 0 bridgehead atoms. The summed E-state index contributed by atoms with van der Waals surface area (Å²) in [5.41, 5.74) is 3.04. The average molecular weight is 323 g/mol. The van der Waals surface area contributed by atoms with Gasteiger partial charge in [-0.25, -0.2) is 4.68 Å². The van der Waals surface area contributed by atoms with Crippen LogP contribution in [0.1, 0.15) is 24.0 Å². The Morgan fingerprint density at radius 1 is 1.42 bits per heavy atom. The number of nitrogens with one attached hydrogen (secondary N) is 1. The van der Waals surface area contributed by atoms with Crippen molar-refractivity contribution in [3.63, 3.8) is 0 Å². The first-order valence-corrected chi connectivity index (χ1v) is 8.01. The van der Waals surface area contributed by atoms with Gasteiger partial charge in [-0.05, 0) is 37.5 Å². The van der Waals surface area contributed by atoms with Crippen LogP contribution in [0.5, 0.6) is 0 Å². The zero-order chi connectivity index (χ0) is 17.1. The molecule has 1 aromatic heterocycles. The quantitative estimate of drug-likeness (QED) is 0.876. The fourth-order valence-electron chi connectivity index (χ4n) is 2.10. The highest BCUT2D eigenvalue weighted by atomic mass is 16.2. The number of carbonyl (C=O) groups excluding carboxylic acids is 1. The van der Waals surface area contributed by atoms with Crippen LogP contribution in [-0.4, -0.2) is 39.9 Å². The lowest BCUT2D eigenvalue weighted by molar-refractivity contribution is -0.129. The molecule has 3 rings (SSSR count). The summed E-state index contributed by atoms with van der Waals surface area (Å²) < 4.78 is 1.52. The second kappa shape index (κ2) is 6.75. The van der Waals surface area contributed by atoms with Gasteiger partial charge in [0.05, 0.1) is 6.20 Å². The second-order valence-corrected chi connectivity index (χ2v) is 6.29. The topological polar surface area (TPSA) is 63.1 Å². The molecule has 1 heterocycles. The maximum Gasteiger partial charge on any atom is 0.243 e. The first-order valence-electron chi connectivity index (χ1n) is 8.01. The van der Waals surface area contributed by atoms with E-state index in [9.17, 15) is 4.79 Å².